The quantitative estimate of drug-likeness (QED) is 0.481. The molecule has 0 spiro atoms. The summed E-state index contributed by atoms with van der Waals surface area (Å²) in [6, 6.07) is 7.91. The number of aryl methyl sites for hydroxylation is 1. The Morgan fingerprint density at radius 1 is 1.40 bits per heavy atom. The maximum atomic E-state index is 10.3. The highest BCUT2D eigenvalue weighted by Crippen LogP contribution is 2.28. The van der Waals surface area contributed by atoms with E-state index in [0.717, 1.165) is 16.5 Å². The van der Waals surface area contributed by atoms with Gasteiger partial charge in [0, 0.05) is 15.9 Å². The maximum Gasteiger partial charge on any atom is 0.328 e. The number of hydrogen-bond acceptors (Lipinski definition) is 2. The molecule has 0 saturated heterocycles. The van der Waals surface area contributed by atoms with Gasteiger partial charge in [0.05, 0.1) is 0 Å². The van der Waals surface area contributed by atoms with Gasteiger partial charge in [0.15, 0.2) is 0 Å². The highest BCUT2D eigenvalue weighted by Gasteiger charge is 1.98. The fourth-order valence-corrected chi connectivity index (χ4v) is 1.80. The first kappa shape index (κ1) is 11.6. The van der Waals surface area contributed by atoms with Gasteiger partial charge in [-0.1, -0.05) is 36.5 Å². The first-order valence-corrected chi connectivity index (χ1v) is 5.24. The lowest BCUT2D eigenvalue weighted by Gasteiger charge is -2.03. The van der Waals surface area contributed by atoms with E-state index in [2.05, 4.69) is 6.58 Å². The summed E-state index contributed by atoms with van der Waals surface area (Å²) in [6.45, 7) is 5.79. The monoisotopic (exact) mass is 220 g/mol. The predicted molar refractivity (Wildman–Crippen MR) is 63.0 cm³/mol. The number of carboxylic acids is 1. The van der Waals surface area contributed by atoms with Crippen LogP contribution in [0.2, 0.25) is 0 Å². The molecule has 0 unspecified atom stereocenters. The van der Waals surface area contributed by atoms with Crippen molar-refractivity contribution in [1.29, 1.82) is 0 Å². The van der Waals surface area contributed by atoms with E-state index in [4.69, 9.17) is 5.11 Å². The number of rotatable bonds is 4. The average Bonchev–Trinajstić information content (AvgIpc) is 2.18. The summed E-state index contributed by atoms with van der Waals surface area (Å²) in [7, 11) is 0. The van der Waals surface area contributed by atoms with Crippen LogP contribution in [0.15, 0.2) is 52.8 Å². The summed E-state index contributed by atoms with van der Waals surface area (Å²) in [5.74, 6) is -0.957. The predicted octanol–water partition coefficient (Wildman–Crippen LogP) is 3.24. The smallest absolute Gasteiger partial charge is 0.328 e. The van der Waals surface area contributed by atoms with Crippen molar-refractivity contribution in [2.24, 2.45) is 0 Å². The lowest BCUT2D eigenvalue weighted by atomic mass is 10.2. The van der Waals surface area contributed by atoms with Crippen molar-refractivity contribution in [3.63, 3.8) is 0 Å². The lowest BCUT2D eigenvalue weighted by molar-refractivity contribution is -0.131. The second-order valence-corrected chi connectivity index (χ2v) is 4.17. The zero-order valence-corrected chi connectivity index (χ0v) is 9.25. The topological polar surface area (TPSA) is 37.3 Å². The average molecular weight is 220 g/mol. The Hall–Kier alpha value is -1.48. The molecule has 0 heterocycles. The number of carboxylic acid groups (broad SMARTS) is 1. The molecule has 0 aromatic heterocycles. The number of carbonyl (C=O) groups is 1. The van der Waals surface area contributed by atoms with Crippen molar-refractivity contribution >= 4 is 17.7 Å². The van der Waals surface area contributed by atoms with Crippen LogP contribution in [0.25, 0.3) is 0 Å². The van der Waals surface area contributed by atoms with E-state index in [-0.39, 0.29) is 0 Å². The first-order chi connectivity index (χ1) is 7.09. The molecule has 0 atom stereocenters. The van der Waals surface area contributed by atoms with Crippen molar-refractivity contribution in [3.8, 4) is 0 Å². The zero-order valence-electron chi connectivity index (χ0n) is 8.43. The highest BCUT2D eigenvalue weighted by molar-refractivity contribution is 8.03. The summed E-state index contributed by atoms with van der Waals surface area (Å²) in [6.07, 6.45) is 2.59. The molecule has 2 nitrogen and oxygen atoms in total. The van der Waals surface area contributed by atoms with Gasteiger partial charge in [-0.3, -0.25) is 0 Å². The zero-order chi connectivity index (χ0) is 11.3. The Morgan fingerprint density at radius 3 is 2.67 bits per heavy atom. The van der Waals surface area contributed by atoms with Crippen LogP contribution < -0.4 is 0 Å². The molecular formula is C12H12O2S. The van der Waals surface area contributed by atoms with Gasteiger partial charge in [-0.05, 0) is 24.6 Å². The van der Waals surface area contributed by atoms with Crippen LogP contribution in [0.4, 0.5) is 0 Å². The fourth-order valence-electron chi connectivity index (χ4n) is 1.01. The standard InChI is InChI=1S/C12H12O2S/c1-9-5-3-4-6-11(9)15-10(2)7-8-12(13)14/h3-8H,2H2,1H3,(H,13,14)/b8-7+. The van der Waals surface area contributed by atoms with Crippen LogP contribution in [0.1, 0.15) is 5.56 Å². The molecule has 1 aromatic rings. The van der Waals surface area contributed by atoms with E-state index >= 15 is 0 Å². The maximum absolute atomic E-state index is 10.3. The van der Waals surface area contributed by atoms with Gasteiger partial charge in [0.1, 0.15) is 0 Å². The molecule has 1 aromatic carbocycles. The molecule has 0 aliphatic rings. The Labute approximate surface area is 93.3 Å². The molecule has 15 heavy (non-hydrogen) atoms. The second kappa shape index (κ2) is 5.41. The van der Waals surface area contributed by atoms with E-state index in [9.17, 15) is 4.79 Å². The minimum absolute atomic E-state index is 0.715. The van der Waals surface area contributed by atoms with Crippen LogP contribution in [0, 0.1) is 6.92 Å². The number of hydrogen-bond donors (Lipinski definition) is 1. The van der Waals surface area contributed by atoms with E-state index in [1.54, 1.807) is 0 Å². The van der Waals surface area contributed by atoms with Gasteiger partial charge in [-0.25, -0.2) is 4.79 Å². The number of aliphatic carboxylic acids is 1. The molecule has 0 bridgehead atoms. The summed E-state index contributed by atoms with van der Waals surface area (Å²) < 4.78 is 0. The second-order valence-electron chi connectivity index (χ2n) is 3.01. The lowest BCUT2D eigenvalue weighted by Crippen LogP contribution is -1.86. The third-order valence-corrected chi connectivity index (χ3v) is 2.82. The third-order valence-electron chi connectivity index (χ3n) is 1.75. The summed E-state index contributed by atoms with van der Waals surface area (Å²) in [5, 5.41) is 8.45. The Bertz CT molecular complexity index is 408. The van der Waals surface area contributed by atoms with E-state index < -0.39 is 5.97 Å². The molecule has 0 fully saturated rings. The highest BCUT2D eigenvalue weighted by atomic mass is 32.2. The number of thioether (sulfide) groups is 1. The van der Waals surface area contributed by atoms with Crippen molar-refractivity contribution in [1.82, 2.24) is 0 Å². The summed E-state index contributed by atoms with van der Waals surface area (Å²) in [5.41, 5.74) is 1.16. The Kier molecular flexibility index (Phi) is 4.18. The van der Waals surface area contributed by atoms with Gasteiger partial charge < -0.3 is 5.11 Å². The summed E-state index contributed by atoms with van der Waals surface area (Å²) >= 11 is 1.47. The van der Waals surface area contributed by atoms with E-state index in [1.807, 2.05) is 31.2 Å². The third kappa shape index (κ3) is 4.04. The largest absolute Gasteiger partial charge is 0.478 e. The first-order valence-electron chi connectivity index (χ1n) is 4.43. The van der Waals surface area contributed by atoms with Crippen LogP contribution in [0.3, 0.4) is 0 Å². The molecular weight excluding hydrogens is 208 g/mol. The molecule has 3 heteroatoms. The normalized spacial score (nSPS) is 10.5. The van der Waals surface area contributed by atoms with E-state index in [0.29, 0.717) is 4.91 Å². The molecule has 1 rings (SSSR count). The van der Waals surface area contributed by atoms with Gasteiger partial charge in [-0.2, -0.15) is 0 Å². The van der Waals surface area contributed by atoms with Crippen molar-refractivity contribution in [3.05, 3.63) is 53.5 Å². The number of allylic oxidation sites excluding steroid dienone is 1. The van der Waals surface area contributed by atoms with Crippen molar-refractivity contribution in [2.75, 3.05) is 0 Å². The SMILES string of the molecule is C=C(/C=C/C(=O)O)Sc1ccccc1C. The van der Waals surface area contributed by atoms with Crippen LogP contribution in [0.5, 0.6) is 0 Å². The molecule has 0 aliphatic heterocycles. The molecule has 0 radical (unpaired) electrons. The Balaban J connectivity index is 2.67. The van der Waals surface area contributed by atoms with Crippen LogP contribution >= 0.6 is 11.8 Å². The van der Waals surface area contributed by atoms with Crippen LogP contribution in [-0.4, -0.2) is 11.1 Å². The van der Waals surface area contributed by atoms with Crippen LogP contribution in [-0.2, 0) is 4.79 Å². The van der Waals surface area contributed by atoms with E-state index in [1.165, 1.54) is 17.8 Å². The molecule has 78 valence electrons. The molecule has 1 N–H and O–H groups in total. The molecule has 0 amide bonds. The molecule has 0 aliphatic carbocycles. The molecule has 0 saturated carbocycles. The Morgan fingerprint density at radius 2 is 2.07 bits per heavy atom. The van der Waals surface area contributed by atoms with Gasteiger partial charge in [0.2, 0.25) is 0 Å². The minimum Gasteiger partial charge on any atom is -0.478 e. The van der Waals surface area contributed by atoms with Gasteiger partial charge in [-0.15, -0.1) is 0 Å². The van der Waals surface area contributed by atoms with Crippen molar-refractivity contribution in [2.45, 2.75) is 11.8 Å². The summed E-state index contributed by atoms with van der Waals surface area (Å²) in [4.78, 5) is 12.1. The minimum atomic E-state index is -0.957. The van der Waals surface area contributed by atoms with Gasteiger partial charge >= 0.3 is 5.97 Å². The fraction of sp³-hybridized carbons (Fsp3) is 0.0833. The van der Waals surface area contributed by atoms with Crippen molar-refractivity contribution < 1.29 is 9.90 Å². The number of benzene rings is 1. The van der Waals surface area contributed by atoms with Gasteiger partial charge in [0.25, 0.3) is 0 Å².